The smallest absolute Gasteiger partial charge is 0.234 e. The number of anilines is 1. The molecule has 0 unspecified atom stereocenters. The second kappa shape index (κ2) is 10.8. The van der Waals surface area contributed by atoms with Gasteiger partial charge >= 0.3 is 0 Å². The molecule has 7 heteroatoms. The molecule has 0 saturated carbocycles. The molecule has 0 fully saturated rings. The van der Waals surface area contributed by atoms with E-state index in [2.05, 4.69) is 27.6 Å². The van der Waals surface area contributed by atoms with Crippen LogP contribution in [0.2, 0.25) is 0 Å². The molecule has 168 valence electrons. The van der Waals surface area contributed by atoms with E-state index in [0.717, 1.165) is 28.1 Å². The maximum Gasteiger partial charge on any atom is 0.234 e. The monoisotopic (exact) mass is 458 g/mol. The number of amides is 1. The van der Waals surface area contributed by atoms with Crippen molar-refractivity contribution in [2.75, 3.05) is 11.1 Å². The largest absolute Gasteiger partial charge is 0.485 e. The zero-order valence-corrected chi connectivity index (χ0v) is 19.5. The molecule has 1 amide bonds. The van der Waals surface area contributed by atoms with Crippen molar-refractivity contribution in [3.05, 3.63) is 101 Å². The number of thioether (sulfide) groups is 1. The highest BCUT2D eigenvalue weighted by atomic mass is 32.2. The molecule has 33 heavy (non-hydrogen) atoms. The minimum atomic E-state index is -0.0872. The van der Waals surface area contributed by atoms with E-state index < -0.39 is 0 Å². The van der Waals surface area contributed by atoms with Crippen molar-refractivity contribution < 1.29 is 9.53 Å². The molecule has 4 aromatic rings. The summed E-state index contributed by atoms with van der Waals surface area (Å²) in [6.07, 6.45) is 0. The van der Waals surface area contributed by atoms with Gasteiger partial charge in [-0.15, -0.1) is 10.2 Å². The first-order valence-corrected chi connectivity index (χ1v) is 11.7. The van der Waals surface area contributed by atoms with E-state index in [1.807, 2.05) is 85.1 Å². The third-order valence-corrected chi connectivity index (χ3v) is 6.06. The van der Waals surface area contributed by atoms with Gasteiger partial charge in [0.05, 0.1) is 12.3 Å². The lowest BCUT2D eigenvalue weighted by Gasteiger charge is -2.12. The van der Waals surface area contributed by atoms with E-state index in [4.69, 9.17) is 4.74 Å². The van der Waals surface area contributed by atoms with Crippen molar-refractivity contribution in [3.63, 3.8) is 0 Å². The van der Waals surface area contributed by atoms with Crippen LogP contribution < -0.4 is 10.1 Å². The fourth-order valence-electron chi connectivity index (χ4n) is 3.28. The van der Waals surface area contributed by atoms with Gasteiger partial charge in [-0.25, -0.2) is 0 Å². The van der Waals surface area contributed by atoms with Gasteiger partial charge in [0, 0.05) is 5.69 Å². The van der Waals surface area contributed by atoms with Crippen LogP contribution in [0.15, 0.2) is 84.0 Å². The fourth-order valence-corrected chi connectivity index (χ4v) is 4.04. The van der Waals surface area contributed by atoms with Crippen LogP contribution in [0.4, 0.5) is 5.69 Å². The van der Waals surface area contributed by atoms with Gasteiger partial charge < -0.3 is 10.1 Å². The normalized spacial score (nSPS) is 10.7. The Morgan fingerprint density at radius 2 is 1.67 bits per heavy atom. The molecule has 0 radical (unpaired) electrons. The van der Waals surface area contributed by atoms with Crippen molar-refractivity contribution in [2.24, 2.45) is 0 Å². The lowest BCUT2D eigenvalue weighted by molar-refractivity contribution is -0.113. The minimum Gasteiger partial charge on any atom is -0.485 e. The van der Waals surface area contributed by atoms with Crippen LogP contribution in [-0.2, 0) is 17.9 Å². The molecule has 0 aliphatic heterocycles. The Kier molecular flexibility index (Phi) is 7.42. The quantitative estimate of drug-likeness (QED) is 0.347. The Labute approximate surface area is 198 Å². The average molecular weight is 459 g/mol. The lowest BCUT2D eigenvalue weighted by atomic mass is 10.2. The number of ether oxygens (including phenoxy) is 1. The summed E-state index contributed by atoms with van der Waals surface area (Å²) in [4.78, 5) is 12.5. The number of rotatable bonds is 9. The first-order valence-electron chi connectivity index (χ1n) is 10.7. The second-order valence-electron chi connectivity index (χ2n) is 7.73. The van der Waals surface area contributed by atoms with Gasteiger partial charge in [-0.2, -0.15) is 0 Å². The summed E-state index contributed by atoms with van der Waals surface area (Å²) in [6, 6.07) is 25.7. The number of aryl methyl sites for hydroxylation is 2. The Morgan fingerprint density at radius 3 is 2.42 bits per heavy atom. The van der Waals surface area contributed by atoms with Gasteiger partial charge in [-0.3, -0.25) is 9.36 Å². The highest BCUT2D eigenvalue weighted by molar-refractivity contribution is 7.99. The summed E-state index contributed by atoms with van der Waals surface area (Å²) < 4.78 is 8.03. The van der Waals surface area contributed by atoms with E-state index >= 15 is 0 Å². The predicted molar refractivity (Wildman–Crippen MR) is 132 cm³/mol. The van der Waals surface area contributed by atoms with Gasteiger partial charge in [0.1, 0.15) is 12.4 Å². The third-order valence-electron chi connectivity index (χ3n) is 5.10. The van der Waals surface area contributed by atoms with Gasteiger partial charge in [0.2, 0.25) is 5.91 Å². The van der Waals surface area contributed by atoms with E-state index in [9.17, 15) is 4.79 Å². The number of hydrogen-bond donors (Lipinski definition) is 1. The van der Waals surface area contributed by atoms with Crippen LogP contribution in [-0.4, -0.2) is 26.4 Å². The van der Waals surface area contributed by atoms with Crippen molar-refractivity contribution in [1.82, 2.24) is 14.8 Å². The van der Waals surface area contributed by atoms with Gasteiger partial charge in [0.25, 0.3) is 0 Å². The summed E-state index contributed by atoms with van der Waals surface area (Å²) in [7, 11) is 0. The highest BCUT2D eigenvalue weighted by Crippen LogP contribution is 2.22. The van der Waals surface area contributed by atoms with Crippen molar-refractivity contribution in [2.45, 2.75) is 32.2 Å². The van der Waals surface area contributed by atoms with Gasteiger partial charge in [-0.1, -0.05) is 78.0 Å². The van der Waals surface area contributed by atoms with E-state index in [0.29, 0.717) is 24.1 Å². The van der Waals surface area contributed by atoms with Crippen LogP contribution in [0.5, 0.6) is 5.75 Å². The number of nitrogens with one attached hydrogen (secondary N) is 1. The SMILES string of the molecule is Cc1ccc(NC(=O)CSc2nnc(COc3ccccc3C)n2Cc2ccccc2)cc1. The van der Waals surface area contributed by atoms with Gasteiger partial charge in [0.15, 0.2) is 11.0 Å². The second-order valence-corrected chi connectivity index (χ2v) is 8.67. The predicted octanol–water partition coefficient (Wildman–Crippen LogP) is 5.25. The molecule has 0 atom stereocenters. The lowest BCUT2D eigenvalue weighted by Crippen LogP contribution is -2.15. The summed E-state index contributed by atoms with van der Waals surface area (Å²) in [5.41, 5.74) is 4.12. The van der Waals surface area contributed by atoms with Gasteiger partial charge in [-0.05, 0) is 43.2 Å². The number of nitrogens with zero attached hydrogens (tertiary/aromatic N) is 3. The molecule has 1 aromatic heterocycles. The maximum atomic E-state index is 12.5. The molecule has 0 aliphatic carbocycles. The molecule has 0 spiro atoms. The average Bonchev–Trinajstić information content (AvgIpc) is 3.20. The van der Waals surface area contributed by atoms with Crippen LogP contribution >= 0.6 is 11.8 Å². The van der Waals surface area contributed by atoms with E-state index in [1.54, 1.807) is 0 Å². The highest BCUT2D eigenvalue weighted by Gasteiger charge is 2.16. The van der Waals surface area contributed by atoms with E-state index in [1.165, 1.54) is 11.8 Å². The third kappa shape index (κ3) is 6.23. The summed E-state index contributed by atoms with van der Waals surface area (Å²) in [5.74, 6) is 1.68. The summed E-state index contributed by atoms with van der Waals surface area (Å²) in [6.45, 7) is 4.92. The Balaban J connectivity index is 1.47. The zero-order valence-electron chi connectivity index (χ0n) is 18.7. The zero-order chi connectivity index (χ0) is 23.0. The maximum absolute atomic E-state index is 12.5. The van der Waals surface area contributed by atoms with Crippen molar-refractivity contribution in [1.29, 1.82) is 0 Å². The number of aromatic nitrogens is 3. The van der Waals surface area contributed by atoms with E-state index in [-0.39, 0.29) is 11.7 Å². The topological polar surface area (TPSA) is 69.0 Å². The molecule has 0 bridgehead atoms. The molecule has 6 nitrogen and oxygen atoms in total. The first kappa shape index (κ1) is 22.6. The molecule has 1 heterocycles. The Morgan fingerprint density at radius 1 is 0.939 bits per heavy atom. The Bertz CT molecular complexity index is 1210. The number of benzene rings is 3. The van der Waals surface area contributed by atoms with Crippen LogP contribution in [0.25, 0.3) is 0 Å². The number of hydrogen-bond acceptors (Lipinski definition) is 5. The number of carbonyl (C=O) groups is 1. The minimum absolute atomic E-state index is 0.0872. The van der Waals surface area contributed by atoms with Crippen molar-refractivity contribution in [3.8, 4) is 5.75 Å². The molecule has 1 N–H and O–H groups in total. The molecule has 0 aliphatic rings. The Hall–Kier alpha value is -3.58. The molecular weight excluding hydrogens is 432 g/mol. The first-order chi connectivity index (χ1) is 16.1. The molecule has 0 saturated heterocycles. The standard InChI is InChI=1S/C26H26N4O2S/c1-19-12-14-22(15-13-19)27-25(31)18-33-26-29-28-24(17-32-23-11-7-6-8-20(23)2)30(26)16-21-9-4-3-5-10-21/h3-15H,16-18H2,1-2H3,(H,27,31). The molecular formula is C26H26N4O2S. The number of para-hydroxylation sites is 1. The van der Waals surface area contributed by atoms with Crippen molar-refractivity contribution >= 4 is 23.4 Å². The summed E-state index contributed by atoms with van der Waals surface area (Å²) in [5, 5.41) is 12.3. The fraction of sp³-hybridized carbons (Fsp3) is 0.192. The van der Waals surface area contributed by atoms with Crippen LogP contribution in [0, 0.1) is 13.8 Å². The van der Waals surface area contributed by atoms with Crippen LogP contribution in [0.1, 0.15) is 22.5 Å². The molecule has 4 rings (SSSR count). The molecule has 3 aromatic carbocycles. The number of carbonyl (C=O) groups excluding carboxylic acids is 1. The van der Waals surface area contributed by atoms with Crippen LogP contribution in [0.3, 0.4) is 0 Å². The summed E-state index contributed by atoms with van der Waals surface area (Å²) >= 11 is 1.36.